The van der Waals surface area contributed by atoms with Gasteiger partial charge in [-0.3, -0.25) is 4.79 Å². The average molecular weight is 315 g/mol. The van der Waals surface area contributed by atoms with E-state index in [2.05, 4.69) is 10.6 Å². The van der Waals surface area contributed by atoms with Crippen molar-refractivity contribution in [2.45, 2.75) is 25.9 Å². The first-order chi connectivity index (χ1) is 9.61. The van der Waals surface area contributed by atoms with Crippen LogP contribution in [0.4, 0.5) is 0 Å². The number of amides is 1. The molecule has 1 saturated heterocycles. The molecule has 1 aliphatic rings. The molecule has 0 saturated carbocycles. The molecule has 1 fully saturated rings. The van der Waals surface area contributed by atoms with Gasteiger partial charge in [-0.1, -0.05) is 17.7 Å². The molecule has 2 rings (SSSR count). The van der Waals surface area contributed by atoms with E-state index in [0.717, 1.165) is 16.9 Å². The maximum atomic E-state index is 12.2. The standard InChI is InChI=1S/C15H22N2O3.ClH/c1-10-4-5-14(19-3)12(8-10)11(2)17-15(18)13-9-20-7-6-16-13;/h4-5,8,11,13,16H,6-7,9H2,1-3H3,(H,17,18);1H. The summed E-state index contributed by atoms with van der Waals surface area (Å²) in [5.41, 5.74) is 2.12. The predicted molar refractivity (Wildman–Crippen MR) is 84.1 cm³/mol. The van der Waals surface area contributed by atoms with Gasteiger partial charge in [-0.15, -0.1) is 12.4 Å². The maximum Gasteiger partial charge on any atom is 0.240 e. The number of aryl methyl sites for hydroxylation is 1. The first-order valence-electron chi connectivity index (χ1n) is 6.88. The summed E-state index contributed by atoms with van der Waals surface area (Å²) >= 11 is 0. The van der Waals surface area contributed by atoms with Crippen LogP contribution >= 0.6 is 12.4 Å². The maximum absolute atomic E-state index is 12.2. The van der Waals surface area contributed by atoms with E-state index in [1.54, 1.807) is 7.11 Å². The Labute approximate surface area is 131 Å². The number of ether oxygens (including phenoxy) is 2. The number of carbonyl (C=O) groups excluding carboxylic acids is 1. The van der Waals surface area contributed by atoms with E-state index in [1.807, 2.05) is 32.0 Å². The Hall–Kier alpha value is -1.30. The normalized spacial score (nSPS) is 19.3. The molecule has 0 spiro atoms. The molecule has 1 heterocycles. The highest BCUT2D eigenvalue weighted by molar-refractivity contribution is 5.85. The monoisotopic (exact) mass is 314 g/mol. The second-order valence-corrected chi connectivity index (χ2v) is 5.06. The van der Waals surface area contributed by atoms with Gasteiger partial charge in [-0.05, 0) is 19.9 Å². The summed E-state index contributed by atoms with van der Waals surface area (Å²) in [5.74, 6) is 0.747. The molecule has 5 nitrogen and oxygen atoms in total. The molecule has 6 heteroatoms. The van der Waals surface area contributed by atoms with Crippen LogP contribution in [0.1, 0.15) is 24.1 Å². The third-order valence-electron chi connectivity index (χ3n) is 3.45. The van der Waals surface area contributed by atoms with Gasteiger partial charge in [0.15, 0.2) is 0 Å². The Balaban J connectivity index is 0.00000220. The molecular weight excluding hydrogens is 292 g/mol. The number of hydrogen-bond acceptors (Lipinski definition) is 4. The minimum Gasteiger partial charge on any atom is -0.496 e. The van der Waals surface area contributed by atoms with Crippen LogP contribution < -0.4 is 15.4 Å². The van der Waals surface area contributed by atoms with Crippen LogP contribution in [0.5, 0.6) is 5.75 Å². The fraction of sp³-hybridized carbons (Fsp3) is 0.533. The Morgan fingerprint density at radius 2 is 2.29 bits per heavy atom. The number of hydrogen-bond donors (Lipinski definition) is 2. The van der Waals surface area contributed by atoms with Gasteiger partial charge in [0.05, 0.1) is 26.4 Å². The fourth-order valence-electron chi connectivity index (χ4n) is 2.32. The minimum absolute atomic E-state index is 0. The summed E-state index contributed by atoms with van der Waals surface area (Å²) in [6, 6.07) is 5.57. The second-order valence-electron chi connectivity index (χ2n) is 5.06. The molecule has 1 aromatic carbocycles. The number of morpholine rings is 1. The Morgan fingerprint density at radius 3 is 2.90 bits per heavy atom. The van der Waals surface area contributed by atoms with Gasteiger partial charge in [0.2, 0.25) is 5.91 Å². The number of halogens is 1. The number of nitrogens with one attached hydrogen (secondary N) is 2. The van der Waals surface area contributed by atoms with E-state index < -0.39 is 0 Å². The number of rotatable bonds is 4. The van der Waals surface area contributed by atoms with Crippen LogP contribution in [0.15, 0.2) is 18.2 Å². The van der Waals surface area contributed by atoms with Crippen LogP contribution in [0.3, 0.4) is 0 Å². The van der Waals surface area contributed by atoms with Gasteiger partial charge < -0.3 is 20.1 Å². The van der Waals surface area contributed by atoms with E-state index in [9.17, 15) is 4.79 Å². The molecule has 0 radical (unpaired) electrons. The lowest BCUT2D eigenvalue weighted by Crippen LogP contribution is -2.51. The number of methoxy groups -OCH3 is 1. The van der Waals surface area contributed by atoms with Crippen molar-refractivity contribution in [3.8, 4) is 5.75 Å². The molecule has 0 aromatic heterocycles. The predicted octanol–water partition coefficient (Wildman–Crippen LogP) is 1.59. The van der Waals surface area contributed by atoms with Gasteiger partial charge >= 0.3 is 0 Å². The van der Waals surface area contributed by atoms with Gasteiger partial charge in [-0.25, -0.2) is 0 Å². The van der Waals surface area contributed by atoms with Crippen molar-refractivity contribution in [2.75, 3.05) is 26.9 Å². The summed E-state index contributed by atoms with van der Waals surface area (Å²) in [6.45, 7) is 5.77. The first-order valence-corrected chi connectivity index (χ1v) is 6.88. The molecule has 1 aromatic rings. The summed E-state index contributed by atoms with van der Waals surface area (Å²) in [4.78, 5) is 12.2. The highest BCUT2D eigenvalue weighted by Crippen LogP contribution is 2.26. The summed E-state index contributed by atoms with van der Waals surface area (Å²) in [7, 11) is 1.64. The average Bonchev–Trinajstić information content (AvgIpc) is 2.48. The molecule has 2 N–H and O–H groups in total. The number of benzene rings is 1. The van der Waals surface area contributed by atoms with Crippen molar-refractivity contribution in [3.63, 3.8) is 0 Å². The van der Waals surface area contributed by atoms with E-state index in [4.69, 9.17) is 9.47 Å². The van der Waals surface area contributed by atoms with Gasteiger partial charge in [-0.2, -0.15) is 0 Å². The van der Waals surface area contributed by atoms with E-state index in [-0.39, 0.29) is 30.4 Å². The lowest BCUT2D eigenvalue weighted by atomic mass is 10.0. The third-order valence-corrected chi connectivity index (χ3v) is 3.45. The van der Waals surface area contributed by atoms with E-state index >= 15 is 0 Å². The summed E-state index contributed by atoms with van der Waals surface area (Å²) in [5, 5.41) is 6.15. The molecule has 0 bridgehead atoms. The van der Waals surface area contributed by atoms with Crippen LogP contribution in [0.2, 0.25) is 0 Å². The molecule has 0 aliphatic carbocycles. The van der Waals surface area contributed by atoms with Crippen molar-refractivity contribution in [1.29, 1.82) is 0 Å². The van der Waals surface area contributed by atoms with Gasteiger partial charge in [0, 0.05) is 12.1 Å². The van der Waals surface area contributed by atoms with Crippen molar-refractivity contribution >= 4 is 18.3 Å². The Bertz CT molecular complexity index is 476. The lowest BCUT2D eigenvalue weighted by Gasteiger charge is -2.25. The van der Waals surface area contributed by atoms with Gasteiger partial charge in [0.1, 0.15) is 11.8 Å². The van der Waals surface area contributed by atoms with Gasteiger partial charge in [0.25, 0.3) is 0 Å². The quantitative estimate of drug-likeness (QED) is 0.886. The first kappa shape index (κ1) is 17.8. The van der Waals surface area contributed by atoms with Crippen molar-refractivity contribution < 1.29 is 14.3 Å². The molecule has 2 unspecified atom stereocenters. The SMILES string of the molecule is COc1ccc(C)cc1C(C)NC(=O)C1COCCN1.Cl. The molecule has 2 atom stereocenters. The van der Waals surface area contributed by atoms with Crippen LogP contribution in [-0.2, 0) is 9.53 Å². The zero-order chi connectivity index (χ0) is 14.5. The fourth-order valence-corrected chi connectivity index (χ4v) is 2.32. The zero-order valence-electron chi connectivity index (χ0n) is 12.6. The van der Waals surface area contributed by atoms with Crippen LogP contribution in [0, 0.1) is 6.92 Å². The van der Waals surface area contributed by atoms with Crippen LogP contribution in [-0.4, -0.2) is 38.8 Å². The second kappa shape index (κ2) is 8.22. The summed E-state index contributed by atoms with van der Waals surface area (Å²) < 4.78 is 10.7. The van der Waals surface area contributed by atoms with Crippen LogP contribution in [0.25, 0.3) is 0 Å². The van der Waals surface area contributed by atoms with Crippen molar-refractivity contribution in [3.05, 3.63) is 29.3 Å². The smallest absolute Gasteiger partial charge is 0.240 e. The highest BCUT2D eigenvalue weighted by atomic mass is 35.5. The molecule has 1 aliphatic heterocycles. The molecule has 21 heavy (non-hydrogen) atoms. The summed E-state index contributed by atoms with van der Waals surface area (Å²) in [6.07, 6.45) is 0. The molecular formula is C15H23ClN2O3. The Morgan fingerprint density at radius 1 is 1.52 bits per heavy atom. The van der Waals surface area contributed by atoms with Crippen molar-refractivity contribution in [2.24, 2.45) is 0 Å². The number of carbonyl (C=O) groups is 1. The van der Waals surface area contributed by atoms with E-state index in [0.29, 0.717) is 19.8 Å². The zero-order valence-corrected chi connectivity index (χ0v) is 13.5. The van der Waals surface area contributed by atoms with Crippen molar-refractivity contribution in [1.82, 2.24) is 10.6 Å². The molecule has 118 valence electrons. The largest absolute Gasteiger partial charge is 0.496 e. The topological polar surface area (TPSA) is 59.6 Å². The highest BCUT2D eigenvalue weighted by Gasteiger charge is 2.23. The van der Waals surface area contributed by atoms with E-state index in [1.165, 1.54) is 0 Å². The Kier molecular flexibility index (Phi) is 6.95. The minimum atomic E-state index is -0.276. The lowest BCUT2D eigenvalue weighted by molar-refractivity contribution is -0.126. The third kappa shape index (κ3) is 4.59. The molecule has 1 amide bonds.